The number of rotatable bonds is 2. The van der Waals surface area contributed by atoms with Gasteiger partial charge in [0.15, 0.2) is 0 Å². The monoisotopic (exact) mass is 294 g/mol. The molecule has 0 aliphatic rings. The molecule has 0 bridgehead atoms. The summed E-state index contributed by atoms with van der Waals surface area (Å²) in [7, 11) is 0. The Balaban J connectivity index is 0. The van der Waals surface area contributed by atoms with E-state index in [1.54, 1.807) is 6.07 Å². The molecule has 0 unspecified atom stereocenters. The zero-order valence-corrected chi connectivity index (χ0v) is 11.9. The molecule has 1 aromatic carbocycles. The molecule has 0 saturated heterocycles. The average Bonchev–Trinajstić information content (AvgIpc) is 2.15. The van der Waals surface area contributed by atoms with Gasteiger partial charge in [0.05, 0.1) is 11.1 Å². The van der Waals surface area contributed by atoms with Gasteiger partial charge in [0.1, 0.15) is 0 Å². The highest BCUT2D eigenvalue weighted by Gasteiger charge is 2.22. The Morgan fingerprint density at radius 1 is 1.00 bits per heavy atom. The molecule has 0 spiro atoms. The van der Waals surface area contributed by atoms with Crippen molar-refractivity contribution in [3.05, 3.63) is 34.9 Å². The molecule has 0 fully saturated rings. The summed E-state index contributed by atoms with van der Waals surface area (Å²) in [4.78, 5) is 21.8. The molecule has 0 amide bonds. The molecule has 6 heteroatoms. The van der Waals surface area contributed by atoms with Crippen LogP contribution in [0.25, 0.3) is 0 Å². The van der Waals surface area contributed by atoms with Gasteiger partial charge in [0.25, 0.3) is 0 Å². The topological polar surface area (TPSA) is 74.6 Å². The van der Waals surface area contributed by atoms with Crippen LogP contribution in [0.2, 0.25) is 0 Å². The molecule has 0 saturated carbocycles. The maximum atomic E-state index is 11.1. The van der Waals surface area contributed by atoms with E-state index in [0.29, 0.717) is 5.56 Å². The quantitative estimate of drug-likeness (QED) is 0.878. The van der Waals surface area contributed by atoms with Crippen molar-refractivity contribution >= 4 is 36.8 Å². The van der Waals surface area contributed by atoms with Gasteiger partial charge in [-0.25, -0.2) is 9.59 Å². The number of halogens is 2. The van der Waals surface area contributed by atoms with Crippen LogP contribution in [0.3, 0.4) is 0 Å². The largest absolute Gasteiger partial charge is 0.478 e. The van der Waals surface area contributed by atoms with Gasteiger partial charge >= 0.3 is 11.9 Å². The Morgan fingerprint density at radius 3 is 1.83 bits per heavy atom. The lowest BCUT2D eigenvalue weighted by atomic mass is 9.83. The van der Waals surface area contributed by atoms with Crippen LogP contribution in [-0.4, -0.2) is 22.2 Å². The van der Waals surface area contributed by atoms with Crippen molar-refractivity contribution in [1.29, 1.82) is 0 Å². The predicted molar refractivity (Wildman–Crippen MR) is 73.6 cm³/mol. The van der Waals surface area contributed by atoms with Gasteiger partial charge < -0.3 is 10.2 Å². The molecular weight excluding hydrogens is 279 g/mol. The Labute approximate surface area is 118 Å². The van der Waals surface area contributed by atoms with Crippen molar-refractivity contribution in [3.63, 3.8) is 0 Å². The van der Waals surface area contributed by atoms with Crippen molar-refractivity contribution in [2.45, 2.75) is 26.2 Å². The third-order valence-corrected chi connectivity index (χ3v) is 2.30. The number of carboxylic acids is 2. The van der Waals surface area contributed by atoms with Crippen LogP contribution in [-0.2, 0) is 5.41 Å². The molecule has 18 heavy (non-hydrogen) atoms. The zero-order valence-electron chi connectivity index (χ0n) is 10.3. The normalized spacial score (nSPS) is 9.94. The molecule has 0 aliphatic carbocycles. The second kappa shape index (κ2) is 6.61. The lowest BCUT2D eigenvalue weighted by molar-refractivity contribution is 0.0694. The van der Waals surface area contributed by atoms with E-state index in [1.165, 1.54) is 12.1 Å². The van der Waals surface area contributed by atoms with Crippen LogP contribution < -0.4 is 0 Å². The fraction of sp³-hybridized carbons (Fsp3) is 0.333. The summed E-state index contributed by atoms with van der Waals surface area (Å²) < 4.78 is 0. The van der Waals surface area contributed by atoms with Crippen LogP contribution >= 0.6 is 24.8 Å². The van der Waals surface area contributed by atoms with Gasteiger partial charge in [0, 0.05) is 0 Å². The smallest absolute Gasteiger partial charge is 0.336 e. The Bertz CT molecular complexity index is 450. The van der Waals surface area contributed by atoms with E-state index >= 15 is 0 Å². The molecule has 0 radical (unpaired) electrons. The molecule has 0 aromatic heterocycles. The highest BCUT2D eigenvalue weighted by Crippen LogP contribution is 2.26. The SMILES string of the molecule is CC(C)(C)c1ccc(C(=O)O)cc1C(=O)O.Cl.Cl. The fourth-order valence-corrected chi connectivity index (χ4v) is 1.51. The predicted octanol–water partition coefficient (Wildman–Crippen LogP) is 3.22. The standard InChI is InChI=1S/C12H14O4.2ClH/c1-12(2,3)9-5-4-7(10(13)14)6-8(9)11(15)16;;/h4-6H,1-3H3,(H,13,14)(H,15,16);2*1H. The maximum absolute atomic E-state index is 11.1. The van der Waals surface area contributed by atoms with Gasteiger partial charge in [-0.3, -0.25) is 0 Å². The van der Waals surface area contributed by atoms with Gasteiger partial charge in [-0.1, -0.05) is 26.8 Å². The molecule has 1 rings (SSSR count). The summed E-state index contributed by atoms with van der Waals surface area (Å²) in [6, 6.07) is 4.19. The lowest BCUT2D eigenvalue weighted by Gasteiger charge is -2.21. The summed E-state index contributed by atoms with van der Waals surface area (Å²) in [6.45, 7) is 5.65. The van der Waals surface area contributed by atoms with Crippen LogP contribution in [0.5, 0.6) is 0 Å². The van der Waals surface area contributed by atoms with Crippen LogP contribution in [0.4, 0.5) is 0 Å². The van der Waals surface area contributed by atoms with Gasteiger partial charge in [-0.2, -0.15) is 0 Å². The molecular formula is C12H16Cl2O4. The highest BCUT2D eigenvalue weighted by molar-refractivity contribution is 5.95. The van der Waals surface area contributed by atoms with Crippen molar-refractivity contribution in [2.75, 3.05) is 0 Å². The number of aromatic carboxylic acids is 2. The van der Waals surface area contributed by atoms with Crippen molar-refractivity contribution in [3.8, 4) is 0 Å². The summed E-state index contributed by atoms with van der Waals surface area (Å²) in [5, 5.41) is 17.8. The number of hydrogen-bond donors (Lipinski definition) is 2. The van der Waals surface area contributed by atoms with E-state index in [-0.39, 0.29) is 41.4 Å². The molecule has 1 aromatic rings. The van der Waals surface area contributed by atoms with Crippen molar-refractivity contribution in [2.24, 2.45) is 0 Å². The summed E-state index contributed by atoms with van der Waals surface area (Å²) in [5.41, 5.74) is 0.341. The first-order chi connectivity index (χ1) is 7.23. The molecule has 0 aliphatic heterocycles. The molecule has 0 atom stereocenters. The van der Waals surface area contributed by atoms with E-state index in [9.17, 15) is 9.59 Å². The number of carbonyl (C=O) groups is 2. The maximum Gasteiger partial charge on any atom is 0.336 e. The average molecular weight is 295 g/mol. The molecule has 0 heterocycles. The summed E-state index contributed by atoms with van der Waals surface area (Å²) in [5.74, 6) is -2.23. The first kappa shape index (κ1) is 19.1. The van der Waals surface area contributed by atoms with Gasteiger partial charge in [-0.05, 0) is 23.1 Å². The first-order valence-electron chi connectivity index (χ1n) is 4.84. The van der Waals surface area contributed by atoms with E-state index in [1.807, 2.05) is 20.8 Å². The number of carboxylic acid groups (broad SMARTS) is 2. The first-order valence-corrected chi connectivity index (χ1v) is 4.84. The van der Waals surface area contributed by atoms with Crippen LogP contribution in [0.15, 0.2) is 18.2 Å². The second-order valence-electron chi connectivity index (χ2n) is 4.62. The van der Waals surface area contributed by atoms with Gasteiger partial charge in [0.2, 0.25) is 0 Å². The summed E-state index contributed by atoms with van der Waals surface area (Å²) >= 11 is 0. The van der Waals surface area contributed by atoms with Crippen LogP contribution in [0, 0.1) is 0 Å². The third kappa shape index (κ3) is 4.20. The minimum atomic E-state index is -1.12. The Morgan fingerprint density at radius 2 is 1.50 bits per heavy atom. The van der Waals surface area contributed by atoms with E-state index in [0.717, 1.165) is 0 Å². The lowest BCUT2D eigenvalue weighted by Crippen LogP contribution is -2.17. The second-order valence-corrected chi connectivity index (χ2v) is 4.62. The van der Waals surface area contributed by atoms with E-state index in [2.05, 4.69) is 0 Å². The van der Waals surface area contributed by atoms with Gasteiger partial charge in [-0.15, -0.1) is 24.8 Å². The Hall–Kier alpha value is -1.26. The zero-order chi connectivity index (χ0) is 12.5. The number of hydrogen-bond acceptors (Lipinski definition) is 2. The number of benzene rings is 1. The third-order valence-electron chi connectivity index (χ3n) is 2.30. The van der Waals surface area contributed by atoms with E-state index < -0.39 is 11.9 Å². The van der Waals surface area contributed by atoms with Crippen molar-refractivity contribution in [1.82, 2.24) is 0 Å². The molecule has 4 nitrogen and oxygen atoms in total. The van der Waals surface area contributed by atoms with E-state index in [4.69, 9.17) is 10.2 Å². The minimum Gasteiger partial charge on any atom is -0.478 e. The fourth-order valence-electron chi connectivity index (χ4n) is 1.51. The Kier molecular flexibility index (Phi) is 7.01. The molecule has 2 N–H and O–H groups in total. The van der Waals surface area contributed by atoms with Crippen molar-refractivity contribution < 1.29 is 19.8 Å². The minimum absolute atomic E-state index is 0. The molecule has 102 valence electrons. The summed E-state index contributed by atoms with van der Waals surface area (Å²) in [6.07, 6.45) is 0. The highest BCUT2D eigenvalue weighted by atomic mass is 35.5. The van der Waals surface area contributed by atoms with Crippen LogP contribution in [0.1, 0.15) is 47.1 Å².